The molecule has 0 amide bonds. The minimum atomic E-state index is 0.435. The maximum atomic E-state index is 9.09. The molecule has 0 saturated carbocycles. The predicted octanol–water partition coefficient (Wildman–Crippen LogP) is 7.81. The van der Waals surface area contributed by atoms with E-state index in [2.05, 4.69) is 89.9 Å². The maximum absolute atomic E-state index is 9.09. The van der Waals surface area contributed by atoms with Crippen molar-refractivity contribution in [3.63, 3.8) is 0 Å². The van der Waals surface area contributed by atoms with E-state index in [0.717, 1.165) is 11.1 Å². The highest BCUT2D eigenvalue weighted by molar-refractivity contribution is 7.26. The van der Waals surface area contributed by atoms with Crippen molar-refractivity contribution < 1.29 is 0 Å². The fourth-order valence-corrected chi connectivity index (χ4v) is 5.41. The number of aromatic nitrogens is 1. The van der Waals surface area contributed by atoms with Gasteiger partial charge in [0.25, 0.3) is 0 Å². The molecule has 6 rings (SSSR count). The van der Waals surface area contributed by atoms with Gasteiger partial charge in [0.1, 0.15) is 11.8 Å². The molecule has 0 N–H and O–H groups in total. The van der Waals surface area contributed by atoms with Crippen LogP contribution in [0.5, 0.6) is 0 Å². The second-order valence-electron chi connectivity index (χ2n) is 7.59. The molecule has 0 radical (unpaired) electrons. The topological polar surface area (TPSA) is 36.7 Å². The smallest absolute Gasteiger partial charge is 0.141 e. The molecule has 0 spiro atoms. The Morgan fingerprint density at radius 1 is 0.645 bits per heavy atom. The van der Waals surface area contributed by atoms with Crippen molar-refractivity contribution in [3.05, 3.63) is 103 Å². The summed E-state index contributed by atoms with van der Waals surface area (Å²) < 4.78 is 2.63. The van der Waals surface area contributed by atoms with Crippen LogP contribution < -0.4 is 0 Å². The monoisotopic (exact) mass is 412 g/mol. The van der Waals surface area contributed by atoms with Crippen molar-refractivity contribution in [3.8, 4) is 28.3 Å². The van der Waals surface area contributed by atoms with E-state index in [-0.39, 0.29) is 0 Å². The lowest BCUT2D eigenvalue weighted by Crippen LogP contribution is -1.84. The number of thiophene rings is 1. The quantitative estimate of drug-likeness (QED) is 0.291. The molecule has 0 saturated heterocycles. The molecular formula is C28H16N2S. The molecule has 31 heavy (non-hydrogen) atoms. The third kappa shape index (κ3) is 2.97. The molecule has 2 heterocycles. The average Bonchev–Trinajstić information content (AvgIpc) is 3.22. The molecule has 0 bridgehead atoms. The lowest BCUT2D eigenvalue weighted by Gasteiger charge is -2.06. The minimum Gasteiger partial charge on any atom is -0.246 e. The third-order valence-corrected chi connectivity index (χ3v) is 6.91. The van der Waals surface area contributed by atoms with Gasteiger partial charge in [0, 0.05) is 26.4 Å². The number of pyridine rings is 1. The Labute approximate surface area is 183 Å². The zero-order chi connectivity index (χ0) is 20.8. The zero-order valence-corrected chi connectivity index (χ0v) is 17.4. The van der Waals surface area contributed by atoms with E-state index in [4.69, 9.17) is 5.26 Å². The first kappa shape index (κ1) is 17.8. The Morgan fingerprint density at radius 3 is 2.19 bits per heavy atom. The molecule has 0 aliphatic heterocycles. The average molecular weight is 413 g/mol. The molecule has 0 fully saturated rings. The fourth-order valence-electron chi connectivity index (χ4n) is 4.25. The standard InChI is InChI=1S/C28H16N2S/c29-17-23-15-22(13-14-30-23)19-7-5-18(6-8-19)21-9-11-25-27(16-21)31-26-12-10-20-3-1-2-4-24(20)28(25)26/h1-16H. The van der Waals surface area contributed by atoms with Crippen molar-refractivity contribution in [2.45, 2.75) is 0 Å². The zero-order valence-electron chi connectivity index (χ0n) is 16.5. The Hall–Kier alpha value is -4.00. The fraction of sp³-hybridized carbons (Fsp3) is 0. The molecule has 0 atom stereocenters. The van der Waals surface area contributed by atoms with Gasteiger partial charge >= 0.3 is 0 Å². The second-order valence-corrected chi connectivity index (χ2v) is 8.68. The summed E-state index contributed by atoms with van der Waals surface area (Å²) in [4.78, 5) is 4.05. The van der Waals surface area contributed by atoms with Gasteiger partial charge in [0.15, 0.2) is 0 Å². The van der Waals surface area contributed by atoms with Gasteiger partial charge in [-0.25, -0.2) is 4.98 Å². The van der Waals surface area contributed by atoms with Crippen molar-refractivity contribution in [2.24, 2.45) is 0 Å². The normalized spacial score (nSPS) is 11.2. The van der Waals surface area contributed by atoms with E-state index in [1.54, 1.807) is 6.20 Å². The van der Waals surface area contributed by atoms with Crippen LogP contribution >= 0.6 is 11.3 Å². The highest BCUT2D eigenvalue weighted by atomic mass is 32.1. The van der Waals surface area contributed by atoms with Crippen LogP contribution in [0.2, 0.25) is 0 Å². The summed E-state index contributed by atoms with van der Waals surface area (Å²) in [6, 6.07) is 34.2. The second kappa shape index (κ2) is 7.05. The van der Waals surface area contributed by atoms with Crippen LogP contribution in [-0.2, 0) is 0 Å². The predicted molar refractivity (Wildman–Crippen MR) is 130 cm³/mol. The Balaban J connectivity index is 1.44. The molecule has 144 valence electrons. The Bertz CT molecular complexity index is 1640. The third-order valence-electron chi connectivity index (χ3n) is 5.79. The Morgan fingerprint density at radius 2 is 1.39 bits per heavy atom. The van der Waals surface area contributed by atoms with Gasteiger partial charge in [-0.1, -0.05) is 66.7 Å². The van der Waals surface area contributed by atoms with E-state index in [1.807, 2.05) is 23.5 Å². The van der Waals surface area contributed by atoms with Crippen LogP contribution in [0.25, 0.3) is 53.2 Å². The number of fused-ring (bicyclic) bond motifs is 5. The minimum absolute atomic E-state index is 0.435. The maximum Gasteiger partial charge on any atom is 0.141 e. The number of nitrogens with zero attached hydrogens (tertiary/aromatic N) is 2. The molecule has 0 unspecified atom stereocenters. The number of hydrogen-bond acceptors (Lipinski definition) is 3. The summed E-state index contributed by atoms with van der Waals surface area (Å²) >= 11 is 1.85. The van der Waals surface area contributed by atoms with Crippen LogP contribution in [0.4, 0.5) is 0 Å². The van der Waals surface area contributed by atoms with Crippen LogP contribution in [0.15, 0.2) is 97.2 Å². The Kier molecular flexibility index (Phi) is 4.06. The van der Waals surface area contributed by atoms with Gasteiger partial charge in [0.05, 0.1) is 0 Å². The SMILES string of the molecule is N#Cc1cc(-c2ccc(-c3ccc4c(c3)sc3ccc5ccccc5c34)cc2)ccn1. The van der Waals surface area contributed by atoms with E-state index >= 15 is 0 Å². The number of benzene rings is 4. The largest absolute Gasteiger partial charge is 0.246 e. The van der Waals surface area contributed by atoms with Gasteiger partial charge in [0.2, 0.25) is 0 Å². The number of hydrogen-bond donors (Lipinski definition) is 0. The molecular weight excluding hydrogens is 396 g/mol. The van der Waals surface area contributed by atoms with Crippen LogP contribution in [0, 0.1) is 11.3 Å². The van der Waals surface area contributed by atoms with Crippen LogP contribution in [0.3, 0.4) is 0 Å². The molecule has 4 aromatic carbocycles. The summed E-state index contributed by atoms with van der Waals surface area (Å²) in [5.41, 5.74) is 4.91. The first-order valence-electron chi connectivity index (χ1n) is 10.1. The molecule has 3 heteroatoms. The van der Waals surface area contributed by atoms with Crippen molar-refractivity contribution in [2.75, 3.05) is 0 Å². The summed E-state index contributed by atoms with van der Waals surface area (Å²) in [5, 5.41) is 14.4. The summed E-state index contributed by atoms with van der Waals surface area (Å²) in [6.45, 7) is 0. The highest BCUT2D eigenvalue weighted by Gasteiger charge is 2.10. The van der Waals surface area contributed by atoms with Gasteiger partial charge in [-0.15, -0.1) is 11.3 Å². The molecule has 0 aliphatic rings. The lowest BCUT2D eigenvalue weighted by molar-refractivity contribution is 1.26. The van der Waals surface area contributed by atoms with Crippen LogP contribution in [0.1, 0.15) is 5.69 Å². The van der Waals surface area contributed by atoms with Gasteiger partial charge in [-0.05, 0) is 57.3 Å². The summed E-state index contributed by atoms with van der Waals surface area (Å²) in [7, 11) is 0. The summed E-state index contributed by atoms with van der Waals surface area (Å²) in [6.07, 6.45) is 1.68. The number of rotatable bonds is 2. The van der Waals surface area contributed by atoms with Crippen LogP contribution in [-0.4, -0.2) is 4.98 Å². The van der Waals surface area contributed by atoms with Crippen molar-refractivity contribution >= 4 is 42.3 Å². The molecule has 0 aliphatic carbocycles. The van der Waals surface area contributed by atoms with E-state index in [0.29, 0.717) is 5.69 Å². The lowest BCUT2D eigenvalue weighted by atomic mass is 9.99. The van der Waals surface area contributed by atoms with E-state index < -0.39 is 0 Å². The van der Waals surface area contributed by atoms with E-state index in [1.165, 1.54) is 42.1 Å². The molecule has 2 aromatic heterocycles. The first-order valence-corrected chi connectivity index (χ1v) is 10.9. The van der Waals surface area contributed by atoms with Gasteiger partial charge in [-0.3, -0.25) is 0 Å². The molecule has 6 aromatic rings. The molecule has 2 nitrogen and oxygen atoms in total. The van der Waals surface area contributed by atoms with Gasteiger partial charge in [-0.2, -0.15) is 5.26 Å². The van der Waals surface area contributed by atoms with Crippen molar-refractivity contribution in [1.82, 2.24) is 4.98 Å². The summed E-state index contributed by atoms with van der Waals surface area (Å²) in [5.74, 6) is 0. The first-order chi connectivity index (χ1) is 15.3. The number of nitriles is 1. The van der Waals surface area contributed by atoms with Gasteiger partial charge < -0.3 is 0 Å². The van der Waals surface area contributed by atoms with Crippen molar-refractivity contribution in [1.29, 1.82) is 5.26 Å². The van der Waals surface area contributed by atoms with E-state index in [9.17, 15) is 0 Å². The highest BCUT2D eigenvalue weighted by Crippen LogP contribution is 2.40.